The van der Waals surface area contributed by atoms with Crippen LogP contribution >= 0.6 is 0 Å². The second kappa shape index (κ2) is 10.5. The lowest BCUT2D eigenvalue weighted by molar-refractivity contribution is 0.0498. The van der Waals surface area contributed by atoms with Gasteiger partial charge in [-0.05, 0) is 70.6 Å². The van der Waals surface area contributed by atoms with Crippen molar-refractivity contribution in [1.82, 2.24) is 25.1 Å². The van der Waals surface area contributed by atoms with Gasteiger partial charge in [-0.25, -0.2) is 19.2 Å². The molecule has 1 N–H and O–H groups in total. The van der Waals surface area contributed by atoms with E-state index < -0.39 is 11.7 Å². The van der Waals surface area contributed by atoms with Crippen LogP contribution < -0.4 is 5.32 Å². The van der Waals surface area contributed by atoms with Gasteiger partial charge in [0.1, 0.15) is 17.7 Å². The number of carbonyl (C=O) groups is 2. The van der Waals surface area contributed by atoms with E-state index in [0.29, 0.717) is 40.8 Å². The maximum absolute atomic E-state index is 13.9. The molecule has 8 nitrogen and oxygen atoms in total. The number of ether oxygens (including phenoxy) is 1. The SMILES string of the molecule is Cc1ncnc(C)c1C(=O)N1C[C@H]2CN(CC[C@H](NC(=O)OC(C)(C)C)c3cccc(F)c3)C[C@H]2C1. The molecule has 2 aliphatic rings. The predicted octanol–water partition coefficient (Wildman–Crippen LogP) is 3.89. The highest BCUT2D eigenvalue weighted by Crippen LogP contribution is 2.33. The average molecular weight is 498 g/mol. The second-order valence-electron chi connectivity index (χ2n) is 11.0. The highest BCUT2D eigenvalue weighted by molar-refractivity contribution is 5.96. The summed E-state index contributed by atoms with van der Waals surface area (Å²) in [6.07, 6.45) is 1.61. The molecule has 0 unspecified atom stereocenters. The number of nitrogens with zero attached hydrogens (tertiary/aromatic N) is 4. The summed E-state index contributed by atoms with van der Waals surface area (Å²) in [6, 6.07) is 5.97. The lowest BCUT2D eigenvalue weighted by atomic mass is 10.0. The Morgan fingerprint density at radius 2 is 1.75 bits per heavy atom. The summed E-state index contributed by atoms with van der Waals surface area (Å²) in [5.41, 5.74) is 2.14. The molecule has 1 aromatic carbocycles. The standard InChI is InChI=1S/C27H36FN5O3/c1-17-24(18(2)30-16-29-17)25(34)33-14-20-12-32(13-21(20)15-33)10-9-23(19-7-6-8-22(28)11-19)31-26(35)36-27(3,4)5/h6-8,11,16,20-21,23H,9-10,12-15H2,1-5H3,(H,31,35)/t20-,21+,23-/m0/s1. The molecule has 0 aliphatic carbocycles. The predicted molar refractivity (Wildman–Crippen MR) is 134 cm³/mol. The third-order valence-electron chi connectivity index (χ3n) is 6.97. The number of benzene rings is 1. The third-order valence-corrected chi connectivity index (χ3v) is 6.97. The number of nitrogens with one attached hydrogen (secondary N) is 1. The molecule has 4 rings (SSSR count). The Kier molecular flexibility index (Phi) is 7.59. The first-order chi connectivity index (χ1) is 17.0. The van der Waals surface area contributed by atoms with E-state index in [1.54, 1.807) is 6.07 Å². The van der Waals surface area contributed by atoms with Crippen LogP contribution in [0.3, 0.4) is 0 Å². The fourth-order valence-corrected chi connectivity index (χ4v) is 5.31. The summed E-state index contributed by atoms with van der Waals surface area (Å²) >= 11 is 0. The Bertz CT molecular complexity index is 1080. The third kappa shape index (κ3) is 6.19. The Morgan fingerprint density at radius 1 is 1.11 bits per heavy atom. The molecule has 3 atom stereocenters. The first-order valence-corrected chi connectivity index (χ1v) is 12.5. The molecule has 0 saturated carbocycles. The van der Waals surface area contributed by atoms with Crippen molar-refractivity contribution < 1.29 is 18.7 Å². The van der Waals surface area contributed by atoms with Gasteiger partial charge >= 0.3 is 6.09 Å². The van der Waals surface area contributed by atoms with E-state index >= 15 is 0 Å². The van der Waals surface area contributed by atoms with E-state index in [9.17, 15) is 14.0 Å². The number of hydrogen-bond donors (Lipinski definition) is 1. The van der Waals surface area contributed by atoms with Crippen LogP contribution in [0.25, 0.3) is 0 Å². The van der Waals surface area contributed by atoms with Gasteiger partial charge in [-0.3, -0.25) is 4.79 Å². The molecule has 2 aromatic rings. The van der Waals surface area contributed by atoms with Crippen LogP contribution in [0, 0.1) is 31.5 Å². The minimum atomic E-state index is -0.616. The van der Waals surface area contributed by atoms with Crippen molar-refractivity contribution in [3.05, 3.63) is 58.9 Å². The van der Waals surface area contributed by atoms with Crippen molar-refractivity contribution in [3.8, 4) is 0 Å². The number of halogens is 1. The zero-order valence-corrected chi connectivity index (χ0v) is 21.8. The van der Waals surface area contributed by atoms with Gasteiger partial charge < -0.3 is 19.9 Å². The Labute approximate surface area is 212 Å². The maximum atomic E-state index is 13.9. The lowest BCUT2D eigenvalue weighted by Gasteiger charge is -2.26. The number of likely N-dealkylation sites (tertiary alicyclic amines) is 2. The fraction of sp³-hybridized carbons (Fsp3) is 0.556. The van der Waals surface area contributed by atoms with E-state index in [2.05, 4.69) is 20.2 Å². The second-order valence-corrected chi connectivity index (χ2v) is 11.0. The highest BCUT2D eigenvalue weighted by Gasteiger charge is 2.42. The van der Waals surface area contributed by atoms with E-state index in [1.165, 1.54) is 18.5 Å². The molecule has 3 heterocycles. The van der Waals surface area contributed by atoms with Crippen molar-refractivity contribution in [2.45, 2.75) is 52.7 Å². The number of aryl methyl sites for hydroxylation is 2. The summed E-state index contributed by atoms with van der Waals surface area (Å²) in [7, 11) is 0. The van der Waals surface area contributed by atoms with Gasteiger partial charge in [-0.15, -0.1) is 0 Å². The van der Waals surface area contributed by atoms with Crippen LogP contribution in [0.2, 0.25) is 0 Å². The molecule has 1 aromatic heterocycles. The molecule has 2 amide bonds. The topological polar surface area (TPSA) is 87.7 Å². The molecule has 0 bridgehead atoms. The van der Waals surface area contributed by atoms with Gasteiger partial charge in [0.05, 0.1) is 23.0 Å². The number of fused-ring (bicyclic) bond motifs is 1. The summed E-state index contributed by atoms with van der Waals surface area (Å²) in [5, 5.41) is 2.92. The smallest absolute Gasteiger partial charge is 0.408 e. The highest BCUT2D eigenvalue weighted by atomic mass is 19.1. The zero-order chi connectivity index (χ0) is 26.0. The van der Waals surface area contributed by atoms with Crippen LogP contribution in [0.5, 0.6) is 0 Å². The van der Waals surface area contributed by atoms with E-state index in [1.807, 2.05) is 45.6 Å². The quantitative estimate of drug-likeness (QED) is 0.652. The van der Waals surface area contributed by atoms with Crippen LogP contribution in [0.1, 0.15) is 60.5 Å². The number of amides is 2. The molecule has 0 spiro atoms. The minimum absolute atomic E-state index is 0.0132. The molecule has 2 aliphatic heterocycles. The van der Waals surface area contributed by atoms with Crippen LogP contribution in [0.4, 0.5) is 9.18 Å². The van der Waals surface area contributed by atoms with Crippen molar-refractivity contribution in [2.24, 2.45) is 11.8 Å². The lowest BCUT2D eigenvalue weighted by Crippen LogP contribution is -2.37. The molecule has 194 valence electrons. The number of alkyl carbamates (subject to hydrolysis) is 1. The largest absolute Gasteiger partial charge is 0.444 e. The fourth-order valence-electron chi connectivity index (χ4n) is 5.31. The first-order valence-electron chi connectivity index (χ1n) is 12.5. The van der Waals surface area contributed by atoms with Crippen LogP contribution in [-0.4, -0.2) is 70.1 Å². The average Bonchev–Trinajstić information content (AvgIpc) is 3.34. The molecule has 9 heteroatoms. The van der Waals surface area contributed by atoms with Crippen molar-refractivity contribution in [2.75, 3.05) is 32.7 Å². The van der Waals surface area contributed by atoms with Crippen LogP contribution in [0.15, 0.2) is 30.6 Å². The van der Waals surface area contributed by atoms with Gasteiger partial charge in [-0.2, -0.15) is 0 Å². The van der Waals surface area contributed by atoms with E-state index in [0.717, 1.165) is 32.7 Å². The maximum Gasteiger partial charge on any atom is 0.408 e. The van der Waals surface area contributed by atoms with Crippen molar-refractivity contribution in [3.63, 3.8) is 0 Å². The molecule has 36 heavy (non-hydrogen) atoms. The normalized spacial score (nSPS) is 20.8. The molecule has 2 fully saturated rings. The van der Waals surface area contributed by atoms with Crippen molar-refractivity contribution in [1.29, 1.82) is 0 Å². The number of rotatable bonds is 6. The minimum Gasteiger partial charge on any atom is -0.444 e. The molecular weight excluding hydrogens is 461 g/mol. The van der Waals surface area contributed by atoms with Crippen molar-refractivity contribution >= 4 is 12.0 Å². The number of carbonyl (C=O) groups excluding carboxylic acids is 2. The van der Waals surface area contributed by atoms with Gasteiger partial charge in [0.2, 0.25) is 0 Å². The molecular formula is C27H36FN5O3. The monoisotopic (exact) mass is 497 g/mol. The van der Waals surface area contributed by atoms with Gasteiger partial charge in [0.25, 0.3) is 5.91 Å². The zero-order valence-electron chi connectivity index (χ0n) is 21.8. The number of hydrogen-bond acceptors (Lipinski definition) is 6. The van der Waals surface area contributed by atoms with E-state index in [4.69, 9.17) is 4.74 Å². The summed E-state index contributed by atoms with van der Waals surface area (Å²) in [4.78, 5) is 38.3. The van der Waals surface area contributed by atoms with Gasteiger partial charge in [0, 0.05) is 32.7 Å². The Morgan fingerprint density at radius 3 is 2.33 bits per heavy atom. The van der Waals surface area contributed by atoms with Crippen LogP contribution in [-0.2, 0) is 4.74 Å². The molecule has 2 saturated heterocycles. The Balaban J connectivity index is 1.35. The summed E-state index contributed by atoms with van der Waals surface area (Å²) in [5.74, 6) is 0.494. The van der Waals surface area contributed by atoms with Gasteiger partial charge in [0.15, 0.2) is 0 Å². The Hall–Kier alpha value is -3.07. The molecule has 0 radical (unpaired) electrons. The summed E-state index contributed by atoms with van der Waals surface area (Å²) in [6.45, 7) is 13.1. The van der Waals surface area contributed by atoms with Gasteiger partial charge in [-0.1, -0.05) is 12.1 Å². The summed E-state index contributed by atoms with van der Waals surface area (Å²) < 4.78 is 19.3. The van der Waals surface area contributed by atoms with E-state index in [-0.39, 0.29) is 17.8 Å². The first kappa shape index (κ1) is 26.0. The number of aromatic nitrogens is 2.